The lowest BCUT2D eigenvalue weighted by molar-refractivity contribution is -0.119. The van der Waals surface area contributed by atoms with Gasteiger partial charge in [0.15, 0.2) is 5.65 Å². The van der Waals surface area contributed by atoms with Gasteiger partial charge >= 0.3 is 0 Å². The van der Waals surface area contributed by atoms with Crippen LogP contribution in [0.3, 0.4) is 0 Å². The Morgan fingerprint density at radius 1 is 0.974 bits per heavy atom. The molecule has 1 aliphatic rings. The number of aromatic nitrogens is 8. The molecule has 0 atom stereocenters. The number of amides is 1. The fourth-order valence-electron chi connectivity index (χ4n) is 5.29. The van der Waals surface area contributed by atoms with Crippen LogP contribution in [-0.4, -0.2) is 45.6 Å². The maximum atomic E-state index is 12.6. The summed E-state index contributed by atoms with van der Waals surface area (Å²) in [5, 5.41) is 12.6. The van der Waals surface area contributed by atoms with Gasteiger partial charge in [0.2, 0.25) is 5.91 Å². The summed E-state index contributed by atoms with van der Waals surface area (Å²) in [6.45, 7) is 1.96. The lowest BCUT2D eigenvalue weighted by Gasteiger charge is -2.11. The van der Waals surface area contributed by atoms with Gasteiger partial charge in [-0.1, -0.05) is 12.8 Å². The van der Waals surface area contributed by atoms with E-state index in [1.165, 1.54) is 0 Å². The van der Waals surface area contributed by atoms with Gasteiger partial charge < -0.3 is 14.9 Å². The molecule has 38 heavy (non-hydrogen) atoms. The molecule has 1 saturated carbocycles. The van der Waals surface area contributed by atoms with E-state index >= 15 is 0 Å². The SMILES string of the molecule is Cc1cn(-c2cncc3[nH]c(-c4n[nH]c5ncc(-c6cncc(NC(=O)C7CCCC7)c6)cc45)cc23)cn1. The molecule has 188 valence electrons. The zero-order valence-corrected chi connectivity index (χ0v) is 20.8. The number of anilines is 1. The number of carbonyl (C=O) groups is 1. The highest BCUT2D eigenvalue weighted by Gasteiger charge is 2.23. The number of hydrogen-bond acceptors (Lipinski definition) is 6. The highest BCUT2D eigenvalue weighted by Crippen LogP contribution is 2.33. The third-order valence-electron chi connectivity index (χ3n) is 7.25. The van der Waals surface area contributed by atoms with Crippen LogP contribution in [0.2, 0.25) is 0 Å². The molecule has 6 aromatic heterocycles. The van der Waals surface area contributed by atoms with Crippen molar-refractivity contribution in [3.63, 3.8) is 0 Å². The molecule has 6 heterocycles. The molecule has 7 rings (SSSR count). The molecular weight excluding hydrogens is 478 g/mol. The normalized spacial score (nSPS) is 14.0. The summed E-state index contributed by atoms with van der Waals surface area (Å²) in [6.07, 6.45) is 16.8. The van der Waals surface area contributed by atoms with Gasteiger partial charge in [-0.2, -0.15) is 5.10 Å². The Morgan fingerprint density at radius 3 is 2.66 bits per heavy atom. The number of pyridine rings is 3. The second-order valence-electron chi connectivity index (χ2n) is 9.85. The van der Waals surface area contributed by atoms with Gasteiger partial charge in [-0.15, -0.1) is 0 Å². The average Bonchev–Trinajstić information content (AvgIpc) is 3.74. The van der Waals surface area contributed by atoms with Gasteiger partial charge in [-0.3, -0.25) is 19.9 Å². The maximum Gasteiger partial charge on any atom is 0.227 e. The number of nitrogens with one attached hydrogen (secondary N) is 3. The minimum Gasteiger partial charge on any atom is -0.352 e. The number of aryl methyl sites for hydroxylation is 1. The molecule has 0 spiro atoms. The van der Waals surface area contributed by atoms with Crippen LogP contribution in [0.15, 0.2) is 61.7 Å². The van der Waals surface area contributed by atoms with Crippen LogP contribution >= 0.6 is 0 Å². The van der Waals surface area contributed by atoms with Crippen molar-refractivity contribution in [2.75, 3.05) is 5.32 Å². The number of carbonyl (C=O) groups excluding carboxylic acids is 1. The average molecular weight is 504 g/mol. The van der Waals surface area contributed by atoms with Crippen LogP contribution < -0.4 is 5.32 Å². The number of aromatic amines is 2. The van der Waals surface area contributed by atoms with Crippen LogP contribution in [-0.2, 0) is 4.79 Å². The monoisotopic (exact) mass is 503 g/mol. The second kappa shape index (κ2) is 8.91. The number of fused-ring (bicyclic) bond motifs is 2. The predicted octanol–water partition coefficient (Wildman–Crippen LogP) is 5.19. The van der Waals surface area contributed by atoms with Gasteiger partial charge in [0.25, 0.3) is 0 Å². The van der Waals surface area contributed by atoms with E-state index in [9.17, 15) is 4.79 Å². The molecule has 1 fully saturated rings. The molecular formula is C28H25N9O. The van der Waals surface area contributed by atoms with Gasteiger partial charge in [0, 0.05) is 46.4 Å². The van der Waals surface area contributed by atoms with Gasteiger partial charge in [0.05, 0.1) is 53.2 Å². The summed E-state index contributed by atoms with van der Waals surface area (Å²) in [7, 11) is 0. The van der Waals surface area contributed by atoms with E-state index in [1.807, 2.05) is 42.2 Å². The molecule has 6 aromatic rings. The fourth-order valence-corrected chi connectivity index (χ4v) is 5.29. The van der Waals surface area contributed by atoms with E-state index in [-0.39, 0.29) is 11.8 Å². The predicted molar refractivity (Wildman–Crippen MR) is 145 cm³/mol. The van der Waals surface area contributed by atoms with Crippen molar-refractivity contribution in [3.05, 3.63) is 67.4 Å². The summed E-state index contributed by atoms with van der Waals surface area (Å²) in [5.41, 5.74) is 7.52. The van der Waals surface area contributed by atoms with Crippen LogP contribution in [0.5, 0.6) is 0 Å². The third kappa shape index (κ3) is 3.90. The van der Waals surface area contributed by atoms with Crippen LogP contribution in [0.1, 0.15) is 31.4 Å². The van der Waals surface area contributed by atoms with E-state index in [4.69, 9.17) is 0 Å². The van der Waals surface area contributed by atoms with Crippen molar-refractivity contribution >= 4 is 33.5 Å². The molecule has 3 N–H and O–H groups in total. The summed E-state index contributed by atoms with van der Waals surface area (Å²) < 4.78 is 1.97. The van der Waals surface area contributed by atoms with Crippen LogP contribution in [0, 0.1) is 12.8 Å². The molecule has 0 bridgehead atoms. The second-order valence-corrected chi connectivity index (χ2v) is 9.85. The minimum atomic E-state index is 0.0747. The van der Waals surface area contributed by atoms with Crippen molar-refractivity contribution in [2.45, 2.75) is 32.6 Å². The van der Waals surface area contributed by atoms with E-state index in [0.717, 1.165) is 75.9 Å². The van der Waals surface area contributed by atoms with Crippen LogP contribution in [0.4, 0.5) is 5.69 Å². The number of nitrogens with zero attached hydrogens (tertiary/aromatic N) is 6. The molecule has 0 aromatic carbocycles. The Morgan fingerprint density at radius 2 is 1.82 bits per heavy atom. The molecule has 10 heteroatoms. The number of rotatable bonds is 5. The Kier molecular flexibility index (Phi) is 5.24. The summed E-state index contributed by atoms with van der Waals surface area (Å²) in [5.74, 6) is 0.167. The van der Waals surface area contributed by atoms with Gasteiger partial charge in [-0.05, 0) is 38.0 Å². The molecule has 1 aliphatic carbocycles. The lowest BCUT2D eigenvalue weighted by atomic mass is 10.1. The Hall–Kier alpha value is -4.86. The van der Waals surface area contributed by atoms with Crippen molar-refractivity contribution in [2.24, 2.45) is 5.92 Å². The molecule has 1 amide bonds. The van der Waals surface area contributed by atoms with E-state index < -0.39 is 0 Å². The largest absolute Gasteiger partial charge is 0.352 e. The molecule has 0 aliphatic heterocycles. The van der Waals surface area contributed by atoms with Gasteiger partial charge in [0.1, 0.15) is 5.69 Å². The Balaban J connectivity index is 1.24. The van der Waals surface area contributed by atoms with Crippen molar-refractivity contribution < 1.29 is 4.79 Å². The van der Waals surface area contributed by atoms with Crippen molar-refractivity contribution in [3.8, 4) is 28.2 Å². The topological polar surface area (TPSA) is 130 Å². The maximum absolute atomic E-state index is 12.6. The van der Waals surface area contributed by atoms with E-state index in [1.54, 1.807) is 24.9 Å². The first-order chi connectivity index (χ1) is 18.6. The minimum absolute atomic E-state index is 0.0747. The number of H-pyrrole nitrogens is 2. The summed E-state index contributed by atoms with van der Waals surface area (Å²) in [6, 6.07) is 6.06. The molecule has 0 unspecified atom stereocenters. The number of hydrogen-bond donors (Lipinski definition) is 3. The first kappa shape index (κ1) is 22.3. The van der Waals surface area contributed by atoms with Gasteiger partial charge in [-0.25, -0.2) is 9.97 Å². The summed E-state index contributed by atoms with van der Waals surface area (Å²) in [4.78, 5) is 33.8. The smallest absolute Gasteiger partial charge is 0.227 e. The van der Waals surface area contributed by atoms with Crippen molar-refractivity contribution in [1.82, 2.24) is 39.7 Å². The van der Waals surface area contributed by atoms with E-state index in [2.05, 4.69) is 46.5 Å². The highest BCUT2D eigenvalue weighted by atomic mass is 16.1. The Bertz CT molecular complexity index is 1810. The fraction of sp³-hybridized carbons (Fsp3) is 0.214. The molecule has 0 saturated heterocycles. The van der Waals surface area contributed by atoms with Crippen LogP contribution in [0.25, 0.3) is 50.1 Å². The molecule has 10 nitrogen and oxygen atoms in total. The highest BCUT2D eigenvalue weighted by molar-refractivity contribution is 5.98. The van der Waals surface area contributed by atoms with E-state index in [0.29, 0.717) is 11.3 Å². The number of imidazole rings is 1. The standard InChI is InChI=1S/C28H25N9O/c1-16-14-37(15-32-16)25-13-30-12-24-21(25)8-23(34-24)26-22-7-19(10-31-27(22)36-35-26)18-6-20(11-29-9-18)33-28(38)17-4-2-3-5-17/h6-15,17,34H,2-5H2,1H3,(H,33,38)(H,31,35,36). The first-order valence-electron chi connectivity index (χ1n) is 12.7. The quantitative estimate of drug-likeness (QED) is 0.297. The lowest BCUT2D eigenvalue weighted by Crippen LogP contribution is -2.20. The molecule has 0 radical (unpaired) electrons. The van der Waals surface area contributed by atoms with Crippen molar-refractivity contribution in [1.29, 1.82) is 0 Å². The summed E-state index contributed by atoms with van der Waals surface area (Å²) >= 11 is 0. The Labute approximate surface area is 217 Å². The third-order valence-corrected chi connectivity index (χ3v) is 7.25. The zero-order valence-electron chi connectivity index (χ0n) is 20.8. The first-order valence-corrected chi connectivity index (χ1v) is 12.7. The zero-order chi connectivity index (χ0) is 25.6.